The summed E-state index contributed by atoms with van der Waals surface area (Å²) < 4.78 is 0. The molecule has 5 nitrogen and oxygen atoms in total. The van der Waals surface area contributed by atoms with Gasteiger partial charge in [-0.25, -0.2) is 0 Å². The zero-order valence-corrected chi connectivity index (χ0v) is 14.1. The first-order chi connectivity index (χ1) is 10.5. The standard InChI is InChI=1S/C7H13NO.C7H11NO.C3H8O.2CH4/c2*9-7-5-8-3-1-6(7)2-4-8;1-3(2)4;;/h6-7,9H,1-5H2;6H,1-5H2;3-4H,1-2H3;2*1H4/t7-;;;;/m0..../s1. The number of aliphatic hydroxyl groups is 2. The number of hydrogen-bond donors (Lipinski definition) is 2. The van der Waals surface area contributed by atoms with E-state index in [-0.39, 0.29) is 27.1 Å². The average molecular weight is 345 g/mol. The van der Waals surface area contributed by atoms with Gasteiger partial charge < -0.3 is 15.1 Å². The van der Waals surface area contributed by atoms with Gasteiger partial charge in [0.15, 0.2) is 0 Å². The summed E-state index contributed by atoms with van der Waals surface area (Å²) >= 11 is 0. The molecule has 2 N–H and O–H groups in total. The van der Waals surface area contributed by atoms with Crippen molar-refractivity contribution in [2.75, 3.05) is 39.3 Å². The van der Waals surface area contributed by atoms with Gasteiger partial charge in [-0.15, -0.1) is 0 Å². The lowest BCUT2D eigenvalue weighted by Crippen LogP contribution is -2.50. The van der Waals surface area contributed by atoms with E-state index in [0.717, 1.165) is 39.0 Å². The Kier molecular flexibility index (Phi) is 11.0. The second-order valence-electron chi connectivity index (χ2n) is 7.32. The van der Waals surface area contributed by atoms with Crippen molar-refractivity contribution in [2.45, 2.75) is 66.6 Å². The summed E-state index contributed by atoms with van der Waals surface area (Å²) in [6.45, 7) is 9.89. The van der Waals surface area contributed by atoms with Crippen molar-refractivity contribution in [3.63, 3.8) is 0 Å². The highest BCUT2D eigenvalue weighted by Gasteiger charge is 2.32. The molecule has 6 aliphatic heterocycles. The fourth-order valence-electron chi connectivity index (χ4n) is 3.70. The van der Waals surface area contributed by atoms with Crippen LogP contribution in [0.5, 0.6) is 0 Å². The van der Waals surface area contributed by atoms with Crippen molar-refractivity contribution in [2.24, 2.45) is 11.8 Å². The fourth-order valence-corrected chi connectivity index (χ4v) is 3.70. The Hall–Kier alpha value is -0.490. The summed E-state index contributed by atoms with van der Waals surface area (Å²) in [6.07, 6.45) is 4.52. The van der Waals surface area contributed by atoms with Crippen molar-refractivity contribution in [1.82, 2.24) is 9.80 Å². The molecule has 0 amide bonds. The lowest BCUT2D eigenvalue weighted by Gasteiger charge is -2.42. The molecular weight excluding hydrogens is 304 g/mol. The number of carbonyl (C=O) groups excluding carboxylic acids is 1. The van der Waals surface area contributed by atoms with Crippen LogP contribution in [-0.4, -0.2) is 77.3 Å². The van der Waals surface area contributed by atoms with E-state index in [1.165, 1.54) is 25.9 Å². The number of carbonyl (C=O) groups is 1. The minimum Gasteiger partial charge on any atom is -0.394 e. The summed E-state index contributed by atoms with van der Waals surface area (Å²) in [5.41, 5.74) is 0. The van der Waals surface area contributed by atoms with Gasteiger partial charge in [0.25, 0.3) is 0 Å². The Labute approximate surface area is 149 Å². The molecular formula is C19H40N2O3. The quantitative estimate of drug-likeness (QED) is 0.704. The van der Waals surface area contributed by atoms with Gasteiger partial charge in [-0.2, -0.15) is 0 Å². The number of Topliss-reactive ketones (excluding diaryl/α,β-unsaturated/α-hetero) is 1. The van der Waals surface area contributed by atoms with Crippen LogP contribution in [0.15, 0.2) is 0 Å². The van der Waals surface area contributed by atoms with Gasteiger partial charge in [0.05, 0.1) is 12.6 Å². The molecule has 24 heavy (non-hydrogen) atoms. The van der Waals surface area contributed by atoms with Crippen LogP contribution in [0.25, 0.3) is 0 Å². The first-order valence-electron chi connectivity index (χ1n) is 8.79. The lowest BCUT2D eigenvalue weighted by atomic mass is 9.86. The summed E-state index contributed by atoms with van der Waals surface area (Å²) in [6, 6.07) is 0. The smallest absolute Gasteiger partial charge is 0.149 e. The van der Waals surface area contributed by atoms with E-state index in [0.29, 0.717) is 17.6 Å². The molecule has 0 aliphatic carbocycles. The number of hydrogen-bond acceptors (Lipinski definition) is 5. The summed E-state index contributed by atoms with van der Waals surface area (Å²) in [7, 11) is 0. The van der Waals surface area contributed by atoms with E-state index in [1.54, 1.807) is 13.8 Å². The Bertz CT molecular complexity index is 344. The molecule has 0 spiro atoms. The van der Waals surface area contributed by atoms with Crippen LogP contribution in [0.1, 0.15) is 54.4 Å². The highest BCUT2D eigenvalue weighted by Crippen LogP contribution is 2.27. The van der Waals surface area contributed by atoms with Crippen molar-refractivity contribution in [3.8, 4) is 0 Å². The molecule has 0 aromatic rings. The number of rotatable bonds is 0. The molecule has 6 rings (SSSR count). The highest BCUT2D eigenvalue weighted by atomic mass is 16.3. The van der Waals surface area contributed by atoms with Crippen LogP contribution in [-0.2, 0) is 4.79 Å². The Morgan fingerprint density at radius 1 is 0.958 bits per heavy atom. The number of piperidine rings is 6. The molecule has 144 valence electrons. The molecule has 5 heteroatoms. The van der Waals surface area contributed by atoms with E-state index in [9.17, 15) is 9.90 Å². The predicted octanol–water partition coefficient (Wildman–Crippen LogP) is 2.01. The van der Waals surface area contributed by atoms with Crippen molar-refractivity contribution in [3.05, 3.63) is 0 Å². The molecule has 4 bridgehead atoms. The normalized spacial score (nSPS) is 35.7. The number of aliphatic hydroxyl groups excluding tert-OH is 2. The first-order valence-corrected chi connectivity index (χ1v) is 8.79. The van der Waals surface area contributed by atoms with Crippen molar-refractivity contribution in [1.29, 1.82) is 0 Å². The Morgan fingerprint density at radius 2 is 1.42 bits per heavy atom. The highest BCUT2D eigenvalue weighted by molar-refractivity contribution is 5.84. The van der Waals surface area contributed by atoms with Crippen LogP contribution < -0.4 is 0 Å². The molecule has 6 heterocycles. The van der Waals surface area contributed by atoms with E-state index in [2.05, 4.69) is 9.80 Å². The first kappa shape index (κ1) is 23.5. The molecule has 6 aliphatic rings. The monoisotopic (exact) mass is 344 g/mol. The van der Waals surface area contributed by atoms with E-state index >= 15 is 0 Å². The van der Waals surface area contributed by atoms with Crippen LogP contribution in [0.3, 0.4) is 0 Å². The third-order valence-corrected chi connectivity index (χ3v) is 5.04. The number of fused-ring (bicyclic) bond motifs is 6. The summed E-state index contributed by atoms with van der Waals surface area (Å²) in [5, 5.41) is 17.4. The zero-order valence-electron chi connectivity index (χ0n) is 14.1. The van der Waals surface area contributed by atoms with Crippen LogP contribution in [0, 0.1) is 11.8 Å². The SMILES string of the molecule is C.C.CC(C)O.O=C1CN2CCC1CC2.O[C@H]1CN2CCC1CC2. The Balaban J connectivity index is 0.000000341. The fraction of sp³-hybridized carbons (Fsp3) is 0.947. The van der Waals surface area contributed by atoms with E-state index in [4.69, 9.17) is 5.11 Å². The second kappa shape index (κ2) is 11.2. The van der Waals surface area contributed by atoms with Crippen LogP contribution in [0.4, 0.5) is 0 Å². The van der Waals surface area contributed by atoms with Crippen molar-refractivity contribution >= 4 is 5.78 Å². The molecule has 0 radical (unpaired) electrons. The molecule has 6 saturated heterocycles. The van der Waals surface area contributed by atoms with Gasteiger partial charge in [0.2, 0.25) is 0 Å². The zero-order chi connectivity index (χ0) is 16.1. The lowest BCUT2D eigenvalue weighted by molar-refractivity contribution is -0.130. The van der Waals surface area contributed by atoms with Crippen LogP contribution in [0.2, 0.25) is 0 Å². The maximum atomic E-state index is 11.0. The molecule has 6 fully saturated rings. The van der Waals surface area contributed by atoms with Gasteiger partial charge in [-0.1, -0.05) is 14.9 Å². The number of ketones is 1. The average Bonchev–Trinajstić information content (AvgIpc) is 2.49. The predicted molar refractivity (Wildman–Crippen MR) is 100 cm³/mol. The third kappa shape index (κ3) is 7.18. The molecule has 0 unspecified atom stereocenters. The largest absolute Gasteiger partial charge is 0.394 e. The van der Waals surface area contributed by atoms with E-state index < -0.39 is 0 Å². The third-order valence-electron chi connectivity index (χ3n) is 5.04. The molecule has 0 aromatic heterocycles. The summed E-state index contributed by atoms with van der Waals surface area (Å²) in [5.74, 6) is 1.55. The van der Waals surface area contributed by atoms with Gasteiger partial charge >= 0.3 is 0 Å². The molecule has 0 aromatic carbocycles. The summed E-state index contributed by atoms with van der Waals surface area (Å²) in [4.78, 5) is 15.6. The van der Waals surface area contributed by atoms with Crippen molar-refractivity contribution < 1.29 is 15.0 Å². The topological polar surface area (TPSA) is 64.0 Å². The van der Waals surface area contributed by atoms with Gasteiger partial charge in [0, 0.05) is 18.6 Å². The minimum atomic E-state index is -0.167. The Morgan fingerprint density at radius 3 is 1.58 bits per heavy atom. The van der Waals surface area contributed by atoms with Gasteiger partial charge in [0.1, 0.15) is 5.78 Å². The maximum Gasteiger partial charge on any atom is 0.149 e. The minimum absolute atomic E-state index is 0. The molecule has 0 saturated carbocycles. The van der Waals surface area contributed by atoms with Crippen LogP contribution >= 0.6 is 0 Å². The second-order valence-corrected chi connectivity index (χ2v) is 7.32. The maximum absolute atomic E-state index is 11.0. The van der Waals surface area contributed by atoms with Gasteiger partial charge in [-0.05, 0) is 71.6 Å². The molecule has 1 atom stereocenters. The van der Waals surface area contributed by atoms with Gasteiger partial charge in [-0.3, -0.25) is 9.69 Å². The van der Waals surface area contributed by atoms with E-state index in [1.807, 2.05) is 0 Å². The number of nitrogens with zero attached hydrogens (tertiary/aromatic N) is 2.